The van der Waals surface area contributed by atoms with E-state index in [0.717, 1.165) is 5.56 Å². The zero-order chi connectivity index (χ0) is 33.2. The van der Waals surface area contributed by atoms with E-state index < -0.39 is 35.1 Å². The van der Waals surface area contributed by atoms with Gasteiger partial charge in [-0.05, 0) is 42.9 Å². The lowest BCUT2D eigenvalue weighted by Crippen LogP contribution is -2.60. The Morgan fingerprint density at radius 2 is 1.74 bits per heavy atom. The van der Waals surface area contributed by atoms with E-state index >= 15 is 4.79 Å². The Morgan fingerprint density at radius 3 is 2.35 bits per heavy atom. The number of carbonyl (C=O) groups excluding carboxylic acids is 3. The lowest BCUT2D eigenvalue weighted by atomic mass is 9.64. The number of fused-ring (bicyclic) bond motifs is 1. The third kappa shape index (κ3) is 5.48. The van der Waals surface area contributed by atoms with Crippen LogP contribution in [0.3, 0.4) is 0 Å². The molecule has 3 saturated heterocycles. The fraction of sp³-hybridized carbons (Fsp3) is 0.486. The summed E-state index contributed by atoms with van der Waals surface area (Å²) in [6, 6.07) is 15.1. The maximum atomic E-state index is 15.0. The van der Waals surface area contributed by atoms with Crippen molar-refractivity contribution in [1.82, 2.24) is 9.80 Å². The zero-order valence-electron chi connectivity index (χ0n) is 27.1. The normalized spacial score (nSPS) is 27.6. The van der Waals surface area contributed by atoms with Gasteiger partial charge in [0, 0.05) is 19.6 Å². The molecule has 0 saturated carbocycles. The van der Waals surface area contributed by atoms with Crippen LogP contribution in [0.25, 0.3) is 0 Å². The lowest BCUT2D eigenvalue weighted by Gasteiger charge is -2.41. The minimum atomic E-state index is -1.25. The van der Waals surface area contributed by atoms with E-state index in [1.165, 1.54) is 0 Å². The van der Waals surface area contributed by atoms with Gasteiger partial charge in [-0.3, -0.25) is 14.4 Å². The Balaban J connectivity index is 1.65. The number of halogens is 1. The summed E-state index contributed by atoms with van der Waals surface area (Å²) in [5.74, 6) is -2.67. The van der Waals surface area contributed by atoms with Crippen LogP contribution >= 0.6 is 11.6 Å². The third-order valence-corrected chi connectivity index (χ3v) is 10.9. The zero-order valence-corrected chi connectivity index (χ0v) is 27.9. The van der Waals surface area contributed by atoms with Gasteiger partial charge in [0.2, 0.25) is 11.8 Å². The Bertz CT molecular complexity index is 1470. The van der Waals surface area contributed by atoms with E-state index in [2.05, 4.69) is 13.2 Å². The van der Waals surface area contributed by atoms with Gasteiger partial charge in [0.05, 0.1) is 40.8 Å². The molecule has 2 unspecified atom stereocenters. The van der Waals surface area contributed by atoms with Gasteiger partial charge in [-0.1, -0.05) is 93.4 Å². The number of benzene rings is 2. The van der Waals surface area contributed by atoms with Crippen molar-refractivity contribution in [3.8, 4) is 0 Å². The molecule has 5 rings (SSSR count). The molecule has 246 valence electrons. The molecule has 1 spiro atoms. The molecule has 0 aliphatic carbocycles. The molecule has 2 aromatic carbocycles. The van der Waals surface area contributed by atoms with E-state index in [9.17, 15) is 14.7 Å². The first-order valence-electron chi connectivity index (χ1n) is 16.4. The quantitative estimate of drug-likeness (QED) is 0.268. The van der Waals surface area contributed by atoms with E-state index in [-0.39, 0.29) is 36.8 Å². The van der Waals surface area contributed by atoms with Gasteiger partial charge >= 0.3 is 0 Å². The minimum absolute atomic E-state index is 0.116. The first-order valence-corrected chi connectivity index (χ1v) is 16.8. The third-order valence-electron chi connectivity index (χ3n) is 10.6. The van der Waals surface area contributed by atoms with Crippen molar-refractivity contribution >= 4 is 35.0 Å². The van der Waals surface area contributed by atoms with Gasteiger partial charge in [-0.25, -0.2) is 0 Å². The maximum absolute atomic E-state index is 15.0. The van der Waals surface area contributed by atoms with E-state index in [0.29, 0.717) is 49.5 Å². The van der Waals surface area contributed by atoms with Gasteiger partial charge < -0.3 is 24.5 Å². The van der Waals surface area contributed by atoms with Gasteiger partial charge in [0.1, 0.15) is 11.6 Å². The molecule has 3 aliphatic rings. The topological polar surface area (TPSA) is 90.4 Å². The summed E-state index contributed by atoms with van der Waals surface area (Å²) >= 11 is 6.62. The second-order valence-corrected chi connectivity index (χ2v) is 13.3. The molecular weight excluding hydrogens is 602 g/mol. The highest BCUT2D eigenvalue weighted by Crippen LogP contribution is 2.65. The van der Waals surface area contributed by atoms with Crippen LogP contribution in [0.1, 0.15) is 52.0 Å². The van der Waals surface area contributed by atoms with Crippen LogP contribution in [0.4, 0.5) is 5.69 Å². The second-order valence-electron chi connectivity index (χ2n) is 12.9. The van der Waals surface area contributed by atoms with Gasteiger partial charge in [0.15, 0.2) is 0 Å². The highest BCUT2D eigenvalue weighted by Gasteiger charge is 2.79. The second kappa shape index (κ2) is 13.7. The molecule has 0 aromatic heterocycles. The number of aliphatic hydroxyl groups excluding tert-OH is 1. The monoisotopic (exact) mass is 647 g/mol. The summed E-state index contributed by atoms with van der Waals surface area (Å²) in [6.45, 7) is 14.2. The van der Waals surface area contributed by atoms with Crippen molar-refractivity contribution < 1.29 is 24.2 Å². The number of rotatable bonds is 14. The maximum Gasteiger partial charge on any atom is 0.253 e. The molecule has 7 atom stereocenters. The number of amides is 3. The molecule has 2 aromatic rings. The average Bonchev–Trinajstić information content (AvgIpc) is 3.67. The van der Waals surface area contributed by atoms with Crippen molar-refractivity contribution in [2.24, 2.45) is 17.8 Å². The molecule has 3 amide bonds. The molecule has 3 heterocycles. The van der Waals surface area contributed by atoms with Crippen molar-refractivity contribution in [3.63, 3.8) is 0 Å². The molecule has 3 fully saturated rings. The van der Waals surface area contributed by atoms with Crippen LogP contribution in [0.15, 0.2) is 79.9 Å². The highest BCUT2D eigenvalue weighted by atomic mass is 35.5. The summed E-state index contributed by atoms with van der Waals surface area (Å²) in [6.07, 6.45) is 5.49. The number of likely N-dealkylation sites (tertiary alicyclic amines) is 1. The minimum Gasteiger partial charge on any atom is -0.394 e. The fourth-order valence-corrected chi connectivity index (χ4v) is 8.36. The van der Waals surface area contributed by atoms with Crippen molar-refractivity contribution in [2.45, 2.75) is 76.3 Å². The Hall–Kier alpha value is -3.46. The summed E-state index contributed by atoms with van der Waals surface area (Å²) < 4.78 is 7.05. The Kier molecular flexibility index (Phi) is 10.1. The van der Waals surface area contributed by atoms with E-state index in [1.54, 1.807) is 51.1 Å². The molecule has 1 N–H and O–H groups in total. The standard InChI is InChI=1S/C37H46ClN3O5/c1-6-21-39(23-26-15-11-10-12-16-26)33(43)30-31-34(44)41(29(24-42)25(5)8-3)32(37(31)20-19-36(30,9-4)46-37)35(45)40(22-7-2)28-18-14-13-17-27(28)38/h6-7,10-18,25,29-32,42H,1-2,8-9,19-24H2,3-5H3/t25-,29-,30-,31-,32?,36+,37?/m0/s1. The number of aliphatic hydroxyl groups is 1. The highest BCUT2D eigenvalue weighted by molar-refractivity contribution is 6.34. The number of anilines is 1. The van der Waals surface area contributed by atoms with Crippen LogP contribution < -0.4 is 4.90 Å². The van der Waals surface area contributed by atoms with Gasteiger partial charge in [-0.15, -0.1) is 13.2 Å². The van der Waals surface area contributed by atoms with Crippen LogP contribution in [-0.4, -0.2) is 75.6 Å². The molecule has 46 heavy (non-hydrogen) atoms. The Morgan fingerprint density at radius 1 is 1.07 bits per heavy atom. The first kappa shape index (κ1) is 33.9. The van der Waals surface area contributed by atoms with Crippen LogP contribution in [0.5, 0.6) is 0 Å². The number of hydrogen-bond acceptors (Lipinski definition) is 5. The predicted molar refractivity (Wildman–Crippen MR) is 180 cm³/mol. The number of ether oxygens (including phenoxy) is 1. The fourth-order valence-electron chi connectivity index (χ4n) is 8.13. The lowest BCUT2D eigenvalue weighted by molar-refractivity contribution is -0.154. The number of para-hydroxylation sites is 1. The van der Waals surface area contributed by atoms with Crippen molar-refractivity contribution in [1.29, 1.82) is 0 Å². The van der Waals surface area contributed by atoms with E-state index in [1.807, 2.05) is 51.1 Å². The van der Waals surface area contributed by atoms with Crippen LogP contribution in [0, 0.1) is 17.8 Å². The largest absolute Gasteiger partial charge is 0.394 e. The summed E-state index contributed by atoms with van der Waals surface area (Å²) in [4.78, 5) is 49.5. The molecule has 0 radical (unpaired) electrons. The first-order chi connectivity index (χ1) is 22.1. The van der Waals surface area contributed by atoms with E-state index in [4.69, 9.17) is 16.3 Å². The SMILES string of the molecule is C=CCN(Cc1ccccc1)C(=O)[C@@H]1[C@H]2C(=O)N([C@@H](CO)[C@@H](C)CC)C(C(=O)N(CC=C)c3ccccc3Cl)C23CC[C@@]1(CC)O3. The molecule has 2 bridgehead atoms. The van der Waals surface area contributed by atoms with Crippen molar-refractivity contribution in [2.75, 3.05) is 24.6 Å². The molecule has 3 aliphatic heterocycles. The number of hydrogen-bond donors (Lipinski definition) is 1. The average molecular weight is 648 g/mol. The molecule has 8 nitrogen and oxygen atoms in total. The van der Waals surface area contributed by atoms with Gasteiger partial charge in [0.25, 0.3) is 5.91 Å². The van der Waals surface area contributed by atoms with Crippen LogP contribution in [0.2, 0.25) is 5.02 Å². The number of carbonyl (C=O) groups is 3. The summed E-state index contributed by atoms with van der Waals surface area (Å²) in [5, 5.41) is 11.1. The molecule has 9 heteroatoms. The van der Waals surface area contributed by atoms with Crippen molar-refractivity contribution in [3.05, 3.63) is 90.5 Å². The number of nitrogens with zero attached hydrogens (tertiary/aromatic N) is 3. The molecular formula is C37H46ClN3O5. The smallest absolute Gasteiger partial charge is 0.253 e. The summed E-state index contributed by atoms with van der Waals surface area (Å²) in [5.41, 5.74) is -0.697. The van der Waals surface area contributed by atoms with Crippen LogP contribution in [-0.2, 0) is 25.7 Å². The Labute approximate surface area is 277 Å². The predicted octanol–water partition coefficient (Wildman–Crippen LogP) is 5.64. The van der Waals surface area contributed by atoms with Gasteiger partial charge in [-0.2, -0.15) is 0 Å². The summed E-state index contributed by atoms with van der Waals surface area (Å²) in [7, 11) is 0.